The summed E-state index contributed by atoms with van der Waals surface area (Å²) in [4.78, 5) is 33.7. The Morgan fingerprint density at radius 2 is 1.82 bits per heavy atom. The zero-order valence-electron chi connectivity index (χ0n) is 26.1. The number of amides is 2. The van der Waals surface area contributed by atoms with Gasteiger partial charge in [0.05, 0.1) is 18.7 Å². The summed E-state index contributed by atoms with van der Waals surface area (Å²) in [5, 5.41) is 14.8. The van der Waals surface area contributed by atoms with Crippen LogP contribution < -0.4 is 15.5 Å². The maximum absolute atomic E-state index is 14.4. The fourth-order valence-electron chi connectivity index (χ4n) is 6.52. The second kappa shape index (κ2) is 11.4. The molecule has 13 heteroatoms. The monoisotopic (exact) mass is 624 g/mol. The molecule has 0 atom stereocenters. The van der Waals surface area contributed by atoms with Gasteiger partial charge in [0, 0.05) is 50.6 Å². The summed E-state index contributed by atoms with van der Waals surface area (Å²) < 4.78 is 45.1. The number of carbonyl (C=O) groups excluding carboxylic acids is 2. The number of hydrogen-bond acceptors (Lipinski definition) is 7. The van der Waals surface area contributed by atoms with E-state index in [9.17, 15) is 22.8 Å². The average Bonchev–Trinajstić information content (AvgIpc) is 3.52. The molecule has 2 N–H and O–H groups in total. The van der Waals surface area contributed by atoms with Gasteiger partial charge in [0.2, 0.25) is 5.91 Å². The van der Waals surface area contributed by atoms with Gasteiger partial charge in [0.15, 0.2) is 0 Å². The Morgan fingerprint density at radius 3 is 2.40 bits per heavy atom. The standard InChI is InChI=1S/C32H39F3N8O2/c1-30(7-5-8-30)37-16-20-11-22-23(24(12-20)32(33,34)35)18-43(29(22)45)26-14-21(13-25(39-26)36-17-28(44)41(2)3)31(9-6-10-31)15-27-40-38-19-42(27)4/h11-14,19,37H,5-10,15-18H2,1-4H3,(H,36,39). The van der Waals surface area contributed by atoms with Crippen LogP contribution in [0.3, 0.4) is 0 Å². The van der Waals surface area contributed by atoms with Gasteiger partial charge in [-0.25, -0.2) is 4.98 Å². The summed E-state index contributed by atoms with van der Waals surface area (Å²) in [6.07, 6.45) is 3.36. The summed E-state index contributed by atoms with van der Waals surface area (Å²) in [6, 6.07) is 6.44. The third kappa shape index (κ3) is 6.01. The van der Waals surface area contributed by atoms with E-state index in [2.05, 4.69) is 32.7 Å². The lowest BCUT2D eigenvalue weighted by Gasteiger charge is -2.42. The lowest BCUT2D eigenvalue weighted by Crippen LogP contribution is -2.47. The minimum absolute atomic E-state index is 0.0269. The number of carbonyl (C=O) groups is 2. The van der Waals surface area contributed by atoms with Crippen LogP contribution in [0.5, 0.6) is 0 Å². The molecule has 0 spiro atoms. The van der Waals surface area contributed by atoms with Crippen LogP contribution in [0.2, 0.25) is 0 Å². The lowest BCUT2D eigenvalue weighted by molar-refractivity contribution is -0.138. The summed E-state index contributed by atoms with van der Waals surface area (Å²) in [5.41, 5.74) is 0.0970. The second-order valence-corrected chi connectivity index (χ2v) is 13.2. The third-order valence-electron chi connectivity index (χ3n) is 9.82. The van der Waals surface area contributed by atoms with Crippen molar-refractivity contribution in [3.8, 4) is 0 Å². The Kier molecular flexibility index (Phi) is 7.87. The largest absolute Gasteiger partial charge is 0.416 e. The van der Waals surface area contributed by atoms with Crippen LogP contribution >= 0.6 is 0 Å². The maximum Gasteiger partial charge on any atom is 0.416 e. The Balaban J connectivity index is 1.37. The maximum atomic E-state index is 14.4. The van der Waals surface area contributed by atoms with Crippen molar-refractivity contribution < 1.29 is 22.8 Å². The third-order valence-corrected chi connectivity index (χ3v) is 9.82. The fourth-order valence-corrected chi connectivity index (χ4v) is 6.52. The lowest BCUT2D eigenvalue weighted by atomic mass is 9.62. The molecular formula is C32H39F3N8O2. The molecule has 2 aromatic heterocycles. The normalized spacial score (nSPS) is 18.3. The van der Waals surface area contributed by atoms with Gasteiger partial charge in [-0.3, -0.25) is 14.5 Å². The number of aromatic nitrogens is 4. The Hall–Kier alpha value is -4.00. The number of anilines is 2. The van der Waals surface area contributed by atoms with E-state index in [-0.39, 0.29) is 53.4 Å². The highest BCUT2D eigenvalue weighted by molar-refractivity contribution is 6.10. The molecule has 1 aliphatic heterocycles. The van der Waals surface area contributed by atoms with E-state index in [0.717, 1.165) is 49.9 Å². The van der Waals surface area contributed by atoms with Gasteiger partial charge in [0.25, 0.3) is 5.91 Å². The molecule has 3 aliphatic rings. The van der Waals surface area contributed by atoms with Crippen molar-refractivity contribution in [1.82, 2.24) is 30.0 Å². The van der Waals surface area contributed by atoms with Gasteiger partial charge in [-0.15, -0.1) is 10.2 Å². The van der Waals surface area contributed by atoms with Gasteiger partial charge < -0.3 is 20.1 Å². The summed E-state index contributed by atoms with van der Waals surface area (Å²) in [7, 11) is 5.19. The molecule has 45 heavy (non-hydrogen) atoms. The van der Waals surface area contributed by atoms with E-state index >= 15 is 0 Å². The zero-order chi connectivity index (χ0) is 32.1. The second-order valence-electron chi connectivity index (χ2n) is 13.2. The highest BCUT2D eigenvalue weighted by Crippen LogP contribution is 2.48. The molecule has 3 heterocycles. The predicted octanol–water partition coefficient (Wildman–Crippen LogP) is 4.59. The molecule has 2 saturated carbocycles. The van der Waals surface area contributed by atoms with Crippen molar-refractivity contribution in [3.05, 3.63) is 64.2 Å². The van der Waals surface area contributed by atoms with Crippen molar-refractivity contribution in [1.29, 1.82) is 0 Å². The van der Waals surface area contributed by atoms with Crippen LogP contribution in [0.25, 0.3) is 0 Å². The van der Waals surface area contributed by atoms with E-state index < -0.39 is 17.6 Å². The van der Waals surface area contributed by atoms with Crippen molar-refractivity contribution in [2.24, 2.45) is 7.05 Å². The van der Waals surface area contributed by atoms with Crippen LogP contribution in [0.4, 0.5) is 24.8 Å². The zero-order valence-corrected chi connectivity index (χ0v) is 26.1. The number of fused-ring (bicyclic) bond motifs is 1. The Labute approximate surface area is 260 Å². The topological polar surface area (TPSA) is 108 Å². The van der Waals surface area contributed by atoms with Gasteiger partial charge in [0.1, 0.15) is 23.8 Å². The number of halogens is 3. The molecule has 10 nitrogen and oxygen atoms in total. The molecule has 240 valence electrons. The minimum Gasteiger partial charge on any atom is -0.361 e. The Morgan fingerprint density at radius 1 is 1.09 bits per heavy atom. The number of hydrogen-bond donors (Lipinski definition) is 2. The van der Waals surface area contributed by atoms with Gasteiger partial charge in [-0.2, -0.15) is 13.2 Å². The molecule has 1 aromatic carbocycles. The van der Waals surface area contributed by atoms with E-state index in [4.69, 9.17) is 0 Å². The SMILES string of the molecule is CN(C)C(=O)CNc1cc(C2(Cc3nncn3C)CCC2)cc(N2Cc3c(cc(CNC4(C)CCC4)cc3C(F)(F)F)C2=O)n1. The molecule has 3 aromatic rings. The van der Waals surface area contributed by atoms with Crippen LogP contribution in [0, 0.1) is 0 Å². The first-order valence-corrected chi connectivity index (χ1v) is 15.4. The molecule has 0 saturated heterocycles. The summed E-state index contributed by atoms with van der Waals surface area (Å²) in [5.74, 6) is 0.732. The first kappa shape index (κ1) is 31.0. The number of alkyl halides is 3. The molecule has 6 rings (SSSR count). The fraction of sp³-hybridized carbons (Fsp3) is 0.531. The highest BCUT2D eigenvalue weighted by Gasteiger charge is 2.43. The van der Waals surface area contributed by atoms with Crippen LogP contribution in [-0.4, -0.2) is 62.6 Å². The van der Waals surface area contributed by atoms with Crippen LogP contribution in [0.1, 0.15) is 83.9 Å². The van der Waals surface area contributed by atoms with E-state index in [0.29, 0.717) is 17.8 Å². The first-order chi connectivity index (χ1) is 21.3. The van der Waals surface area contributed by atoms with E-state index in [1.165, 1.54) is 15.9 Å². The minimum atomic E-state index is -4.63. The van der Waals surface area contributed by atoms with Gasteiger partial charge >= 0.3 is 6.18 Å². The number of aryl methyl sites for hydroxylation is 1. The Bertz CT molecular complexity index is 1620. The van der Waals surface area contributed by atoms with Crippen molar-refractivity contribution in [3.63, 3.8) is 0 Å². The van der Waals surface area contributed by atoms with E-state index in [1.807, 2.05) is 23.7 Å². The highest BCUT2D eigenvalue weighted by atomic mass is 19.4. The number of nitrogens with zero attached hydrogens (tertiary/aromatic N) is 6. The van der Waals surface area contributed by atoms with Gasteiger partial charge in [-0.05, 0) is 80.0 Å². The number of rotatable bonds is 10. The van der Waals surface area contributed by atoms with E-state index in [1.54, 1.807) is 26.5 Å². The number of likely N-dealkylation sites (N-methyl/N-ethyl adjacent to an activating group) is 1. The van der Waals surface area contributed by atoms with Crippen LogP contribution in [0.15, 0.2) is 30.6 Å². The molecule has 0 radical (unpaired) electrons. The quantitative estimate of drug-likeness (QED) is 0.340. The molecule has 2 fully saturated rings. The van der Waals surface area contributed by atoms with Crippen molar-refractivity contribution in [2.75, 3.05) is 30.9 Å². The van der Waals surface area contributed by atoms with Crippen molar-refractivity contribution in [2.45, 2.75) is 82.1 Å². The smallest absolute Gasteiger partial charge is 0.361 e. The summed E-state index contributed by atoms with van der Waals surface area (Å²) >= 11 is 0. The number of benzene rings is 1. The van der Waals surface area contributed by atoms with Gasteiger partial charge in [-0.1, -0.05) is 6.42 Å². The first-order valence-electron chi connectivity index (χ1n) is 15.4. The number of pyridine rings is 1. The predicted molar refractivity (Wildman–Crippen MR) is 163 cm³/mol. The average molecular weight is 625 g/mol. The van der Waals surface area contributed by atoms with Crippen LogP contribution in [-0.2, 0) is 42.9 Å². The number of nitrogens with one attached hydrogen (secondary N) is 2. The summed E-state index contributed by atoms with van der Waals surface area (Å²) in [6.45, 7) is 2.03. The molecule has 2 amide bonds. The molecule has 0 bridgehead atoms. The van der Waals surface area contributed by atoms with Crippen molar-refractivity contribution >= 4 is 23.5 Å². The molecule has 2 aliphatic carbocycles. The molecule has 0 unspecified atom stereocenters. The molecular weight excluding hydrogens is 585 g/mol.